The van der Waals surface area contributed by atoms with Crippen LogP contribution in [0.15, 0.2) is 18.2 Å². The second-order valence-electron chi connectivity index (χ2n) is 5.71. The van der Waals surface area contributed by atoms with Crippen LogP contribution < -0.4 is 4.74 Å². The minimum Gasteiger partial charge on any atom is -0.495 e. The zero-order valence-corrected chi connectivity index (χ0v) is 12.6. The van der Waals surface area contributed by atoms with Gasteiger partial charge in [0, 0.05) is 12.6 Å². The van der Waals surface area contributed by atoms with E-state index in [4.69, 9.17) is 10.00 Å². The highest BCUT2D eigenvalue weighted by atomic mass is 16.5. The minimum atomic E-state index is 0.624. The molecule has 1 saturated carbocycles. The molecule has 1 aromatic rings. The molecule has 0 spiro atoms. The number of benzene rings is 1. The molecule has 0 unspecified atom stereocenters. The highest BCUT2D eigenvalue weighted by molar-refractivity contribution is 5.45. The summed E-state index contributed by atoms with van der Waals surface area (Å²) in [6, 6.07) is 8.80. The van der Waals surface area contributed by atoms with Gasteiger partial charge in [-0.1, -0.05) is 31.7 Å². The number of nitriles is 1. The van der Waals surface area contributed by atoms with Gasteiger partial charge < -0.3 is 4.74 Å². The molecule has 3 heteroatoms. The average Bonchev–Trinajstić information content (AvgIpc) is 2.76. The third kappa shape index (κ3) is 3.74. The number of nitrogens with zero attached hydrogens (tertiary/aromatic N) is 2. The first-order valence-corrected chi connectivity index (χ1v) is 7.52. The third-order valence-electron chi connectivity index (χ3n) is 4.26. The van der Waals surface area contributed by atoms with E-state index in [1.54, 1.807) is 7.11 Å². The topological polar surface area (TPSA) is 36.3 Å². The molecule has 20 heavy (non-hydrogen) atoms. The van der Waals surface area contributed by atoms with Crippen LogP contribution in [0.4, 0.5) is 0 Å². The van der Waals surface area contributed by atoms with E-state index in [1.165, 1.54) is 44.1 Å². The van der Waals surface area contributed by atoms with Gasteiger partial charge in [0.25, 0.3) is 0 Å². The Kier molecular flexibility index (Phi) is 5.43. The van der Waals surface area contributed by atoms with E-state index in [1.807, 2.05) is 12.1 Å². The lowest BCUT2D eigenvalue weighted by Gasteiger charge is -2.27. The van der Waals surface area contributed by atoms with Crippen molar-refractivity contribution >= 4 is 0 Å². The fourth-order valence-corrected chi connectivity index (χ4v) is 3.06. The summed E-state index contributed by atoms with van der Waals surface area (Å²) in [5, 5.41) is 9.15. The normalized spacial score (nSPS) is 16.7. The second-order valence-corrected chi connectivity index (χ2v) is 5.71. The SMILES string of the molecule is COc1ccc(CN(C)C2CCCCCC2)cc1C#N. The summed E-state index contributed by atoms with van der Waals surface area (Å²) in [5.41, 5.74) is 1.81. The maximum atomic E-state index is 9.15. The first kappa shape index (κ1) is 14.9. The van der Waals surface area contributed by atoms with Gasteiger partial charge in [0.05, 0.1) is 12.7 Å². The molecule has 1 aliphatic carbocycles. The number of methoxy groups -OCH3 is 1. The number of hydrogen-bond donors (Lipinski definition) is 0. The van der Waals surface area contributed by atoms with Gasteiger partial charge in [0.2, 0.25) is 0 Å². The summed E-state index contributed by atoms with van der Waals surface area (Å²) in [7, 11) is 3.81. The Morgan fingerprint density at radius 1 is 1.25 bits per heavy atom. The molecule has 0 amide bonds. The zero-order valence-electron chi connectivity index (χ0n) is 12.6. The van der Waals surface area contributed by atoms with Crippen LogP contribution in [-0.4, -0.2) is 25.1 Å². The van der Waals surface area contributed by atoms with Gasteiger partial charge in [-0.3, -0.25) is 4.90 Å². The van der Waals surface area contributed by atoms with Crippen LogP contribution in [0.25, 0.3) is 0 Å². The van der Waals surface area contributed by atoms with E-state index in [0.29, 0.717) is 17.4 Å². The average molecular weight is 272 g/mol. The first-order chi connectivity index (χ1) is 9.74. The predicted octanol–water partition coefficient (Wildman–Crippen LogP) is 3.72. The molecule has 0 N–H and O–H groups in total. The van der Waals surface area contributed by atoms with Crippen LogP contribution in [0, 0.1) is 11.3 Å². The van der Waals surface area contributed by atoms with Gasteiger partial charge in [0.1, 0.15) is 11.8 Å². The van der Waals surface area contributed by atoms with Gasteiger partial charge in [-0.05, 0) is 37.6 Å². The van der Waals surface area contributed by atoms with Gasteiger partial charge >= 0.3 is 0 Å². The summed E-state index contributed by atoms with van der Waals surface area (Å²) < 4.78 is 5.19. The Hall–Kier alpha value is -1.53. The van der Waals surface area contributed by atoms with Crippen molar-refractivity contribution < 1.29 is 4.74 Å². The number of rotatable bonds is 4. The van der Waals surface area contributed by atoms with Crippen LogP contribution in [0.2, 0.25) is 0 Å². The third-order valence-corrected chi connectivity index (χ3v) is 4.26. The molecule has 1 aromatic carbocycles. The lowest BCUT2D eigenvalue weighted by atomic mass is 10.1. The Morgan fingerprint density at radius 3 is 2.55 bits per heavy atom. The lowest BCUT2D eigenvalue weighted by Crippen LogP contribution is -2.30. The molecule has 0 aromatic heterocycles. The van der Waals surface area contributed by atoms with Crippen molar-refractivity contribution in [3.8, 4) is 11.8 Å². The van der Waals surface area contributed by atoms with Crippen molar-refractivity contribution in [3.05, 3.63) is 29.3 Å². The van der Waals surface area contributed by atoms with E-state index >= 15 is 0 Å². The van der Waals surface area contributed by atoms with Crippen molar-refractivity contribution in [1.29, 1.82) is 5.26 Å². The van der Waals surface area contributed by atoms with Crippen molar-refractivity contribution in [3.63, 3.8) is 0 Å². The molecule has 0 atom stereocenters. The zero-order chi connectivity index (χ0) is 14.4. The van der Waals surface area contributed by atoms with Crippen LogP contribution in [0.1, 0.15) is 49.7 Å². The van der Waals surface area contributed by atoms with Crippen LogP contribution >= 0.6 is 0 Å². The van der Waals surface area contributed by atoms with Crippen molar-refractivity contribution in [1.82, 2.24) is 4.90 Å². The number of ether oxygens (including phenoxy) is 1. The Bertz CT molecular complexity index is 470. The van der Waals surface area contributed by atoms with Crippen molar-refractivity contribution in [2.75, 3.05) is 14.2 Å². The quantitative estimate of drug-likeness (QED) is 0.784. The Morgan fingerprint density at radius 2 is 1.95 bits per heavy atom. The first-order valence-electron chi connectivity index (χ1n) is 7.52. The molecule has 1 aliphatic rings. The van der Waals surface area contributed by atoms with Crippen molar-refractivity contribution in [2.24, 2.45) is 0 Å². The molecule has 1 fully saturated rings. The van der Waals surface area contributed by atoms with E-state index < -0.39 is 0 Å². The van der Waals surface area contributed by atoms with E-state index in [9.17, 15) is 0 Å². The summed E-state index contributed by atoms with van der Waals surface area (Å²) in [6.45, 7) is 0.906. The molecule has 0 bridgehead atoms. The standard InChI is InChI=1S/C17H24N2O/c1-19(16-7-5-3-4-6-8-16)13-14-9-10-17(20-2)15(11-14)12-18/h9-11,16H,3-8,13H2,1-2H3. The van der Waals surface area contributed by atoms with Gasteiger partial charge in [0.15, 0.2) is 0 Å². The summed E-state index contributed by atoms with van der Waals surface area (Å²) in [6.07, 6.45) is 8.06. The molecule has 3 nitrogen and oxygen atoms in total. The maximum absolute atomic E-state index is 9.15. The Balaban J connectivity index is 2.03. The summed E-state index contributed by atoms with van der Waals surface area (Å²) in [4.78, 5) is 2.44. The monoisotopic (exact) mass is 272 g/mol. The van der Waals surface area contributed by atoms with Crippen LogP contribution in [-0.2, 0) is 6.54 Å². The highest BCUT2D eigenvalue weighted by Crippen LogP contribution is 2.24. The van der Waals surface area contributed by atoms with E-state index in [0.717, 1.165) is 6.54 Å². The molecular weight excluding hydrogens is 248 g/mol. The van der Waals surface area contributed by atoms with Gasteiger partial charge in [-0.15, -0.1) is 0 Å². The molecule has 0 radical (unpaired) electrons. The molecular formula is C17H24N2O. The fourth-order valence-electron chi connectivity index (χ4n) is 3.06. The van der Waals surface area contributed by atoms with Crippen molar-refractivity contribution in [2.45, 2.75) is 51.1 Å². The van der Waals surface area contributed by atoms with Crippen LogP contribution in [0.5, 0.6) is 5.75 Å². The lowest BCUT2D eigenvalue weighted by molar-refractivity contribution is 0.213. The summed E-state index contributed by atoms with van der Waals surface area (Å²) >= 11 is 0. The van der Waals surface area contributed by atoms with E-state index in [-0.39, 0.29) is 0 Å². The summed E-state index contributed by atoms with van der Waals surface area (Å²) in [5.74, 6) is 0.661. The molecule has 0 saturated heterocycles. The fraction of sp³-hybridized carbons (Fsp3) is 0.588. The molecule has 2 rings (SSSR count). The maximum Gasteiger partial charge on any atom is 0.136 e. The van der Waals surface area contributed by atoms with Gasteiger partial charge in [-0.2, -0.15) is 5.26 Å². The van der Waals surface area contributed by atoms with Crippen LogP contribution in [0.3, 0.4) is 0 Å². The number of hydrogen-bond acceptors (Lipinski definition) is 3. The van der Waals surface area contributed by atoms with Gasteiger partial charge in [-0.25, -0.2) is 0 Å². The molecule has 0 heterocycles. The smallest absolute Gasteiger partial charge is 0.136 e. The Labute approximate surface area is 122 Å². The largest absolute Gasteiger partial charge is 0.495 e. The second kappa shape index (κ2) is 7.31. The molecule has 108 valence electrons. The highest BCUT2D eigenvalue weighted by Gasteiger charge is 2.17. The van der Waals surface area contributed by atoms with E-state index in [2.05, 4.69) is 24.1 Å². The predicted molar refractivity (Wildman–Crippen MR) is 80.7 cm³/mol. The minimum absolute atomic E-state index is 0.624. The molecule has 0 aliphatic heterocycles.